The first-order valence-electron chi connectivity index (χ1n) is 7.53. The summed E-state index contributed by atoms with van der Waals surface area (Å²) in [6, 6.07) is 0.331. The topological polar surface area (TPSA) is 104 Å². The molecule has 0 aliphatic carbocycles. The molecule has 2 aliphatic rings. The lowest BCUT2D eigenvalue weighted by molar-refractivity contribution is 0.186. The van der Waals surface area contributed by atoms with Gasteiger partial charge >= 0.3 is 0 Å². The fourth-order valence-corrected chi connectivity index (χ4v) is 5.29. The van der Waals surface area contributed by atoms with Gasteiger partial charge in [-0.25, -0.2) is 13.1 Å². The number of aromatic amines is 1. The molecule has 0 radical (unpaired) electrons. The number of rotatable bonds is 4. The fraction of sp³-hybridized carbons (Fsp3) is 0.769. The van der Waals surface area contributed by atoms with Crippen LogP contribution in [0.4, 0.5) is 0 Å². The summed E-state index contributed by atoms with van der Waals surface area (Å²) in [5.74, 6) is 0. The predicted octanol–water partition coefficient (Wildman–Crippen LogP) is 0.0819. The number of aromatic nitrogens is 2. The fourth-order valence-electron chi connectivity index (χ4n) is 3.61. The number of fused-ring (bicyclic) bond motifs is 1. The van der Waals surface area contributed by atoms with Gasteiger partial charge in [-0.05, 0) is 32.7 Å². The van der Waals surface area contributed by atoms with Crippen LogP contribution in [0.1, 0.15) is 37.1 Å². The van der Waals surface area contributed by atoms with E-state index < -0.39 is 10.0 Å². The van der Waals surface area contributed by atoms with Crippen molar-refractivity contribution in [1.29, 1.82) is 0 Å². The van der Waals surface area contributed by atoms with Crippen LogP contribution in [-0.4, -0.2) is 48.7 Å². The number of nitrogens with zero attached hydrogens (tertiary/aromatic N) is 2. The van der Waals surface area contributed by atoms with Crippen molar-refractivity contribution in [3.63, 3.8) is 0 Å². The number of H-pyrrole nitrogens is 1. The van der Waals surface area contributed by atoms with Gasteiger partial charge in [-0.2, -0.15) is 5.10 Å². The number of aryl methyl sites for hydroxylation is 1. The summed E-state index contributed by atoms with van der Waals surface area (Å²) in [6.45, 7) is 3.89. The Balaban J connectivity index is 1.81. The Morgan fingerprint density at radius 3 is 2.95 bits per heavy atom. The van der Waals surface area contributed by atoms with Crippen LogP contribution in [0.15, 0.2) is 4.90 Å². The second kappa shape index (κ2) is 5.68. The molecule has 118 valence electrons. The van der Waals surface area contributed by atoms with Crippen LogP contribution in [-0.2, 0) is 16.6 Å². The van der Waals surface area contributed by atoms with Crippen molar-refractivity contribution in [2.24, 2.45) is 5.73 Å². The lowest BCUT2D eigenvalue weighted by Gasteiger charge is -2.32. The third-order valence-corrected chi connectivity index (χ3v) is 6.28. The van der Waals surface area contributed by atoms with Crippen LogP contribution in [0, 0.1) is 6.92 Å². The van der Waals surface area contributed by atoms with E-state index in [9.17, 15) is 8.42 Å². The van der Waals surface area contributed by atoms with E-state index in [4.69, 9.17) is 5.73 Å². The van der Waals surface area contributed by atoms with Gasteiger partial charge in [-0.15, -0.1) is 0 Å². The van der Waals surface area contributed by atoms with E-state index in [1.807, 2.05) is 0 Å². The van der Waals surface area contributed by atoms with Crippen LogP contribution in [0.3, 0.4) is 0 Å². The number of sulfonamides is 1. The average Bonchev–Trinajstić information content (AvgIpc) is 3.03. The predicted molar refractivity (Wildman–Crippen MR) is 79.2 cm³/mol. The Bertz CT molecular complexity index is 612. The van der Waals surface area contributed by atoms with E-state index in [2.05, 4.69) is 19.8 Å². The van der Waals surface area contributed by atoms with Crippen molar-refractivity contribution in [1.82, 2.24) is 19.8 Å². The van der Waals surface area contributed by atoms with Crippen molar-refractivity contribution in [3.8, 4) is 0 Å². The molecule has 2 atom stereocenters. The van der Waals surface area contributed by atoms with Crippen molar-refractivity contribution < 1.29 is 8.42 Å². The van der Waals surface area contributed by atoms with Gasteiger partial charge in [0, 0.05) is 25.2 Å². The molecular weight excluding hydrogens is 290 g/mol. The van der Waals surface area contributed by atoms with Gasteiger partial charge in [0.15, 0.2) is 0 Å². The molecule has 21 heavy (non-hydrogen) atoms. The lowest BCUT2D eigenvalue weighted by atomic mass is 10.00. The molecule has 0 bridgehead atoms. The van der Waals surface area contributed by atoms with Crippen molar-refractivity contribution in [3.05, 3.63) is 11.4 Å². The molecule has 2 saturated heterocycles. The highest BCUT2D eigenvalue weighted by molar-refractivity contribution is 7.89. The normalized spacial score (nSPS) is 27.0. The number of hydrogen-bond donors (Lipinski definition) is 3. The summed E-state index contributed by atoms with van der Waals surface area (Å²) in [4.78, 5) is 2.63. The maximum absolute atomic E-state index is 12.7. The first kappa shape index (κ1) is 15.0. The van der Waals surface area contributed by atoms with E-state index in [0.29, 0.717) is 17.4 Å². The quantitative estimate of drug-likeness (QED) is 0.730. The van der Waals surface area contributed by atoms with Gasteiger partial charge in [0.1, 0.15) is 4.90 Å². The van der Waals surface area contributed by atoms with Gasteiger partial charge in [0.05, 0.1) is 11.4 Å². The highest BCUT2D eigenvalue weighted by Gasteiger charge is 2.38. The second-order valence-electron chi connectivity index (χ2n) is 5.94. The van der Waals surface area contributed by atoms with E-state index in [0.717, 1.165) is 25.9 Å². The van der Waals surface area contributed by atoms with E-state index in [1.165, 1.54) is 12.8 Å². The highest BCUT2D eigenvalue weighted by Crippen LogP contribution is 2.28. The van der Waals surface area contributed by atoms with Crippen molar-refractivity contribution in [2.45, 2.75) is 56.1 Å². The van der Waals surface area contributed by atoms with Crippen molar-refractivity contribution >= 4 is 10.0 Å². The number of hydrogen-bond acceptors (Lipinski definition) is 5. The monoisotopic (exact) mass is 313 g/mol. The SMILES string of the molecule is Cc1[nH]nc(CN)c1S(=O)(=O)NC1CCN2CCCCC12. The minimum absolute atomic E-state index is 0.00442. The van der Waals surface area contributed by atoms with Gasteiger partial charge < -0.3 is 5.73 Å². The second-order valence-corrected chi connectivity index (χ2v) is 7.59. The van der Waals surface area contributed by atoms with Crippen LogP contribution in [0.2, 0.25) is 0 Å². The third-order valence-electron chi connectivity index (χ3n) is 4.59. The minimum atomic E-state index is -3.57. The maximum atomic E-state index is 12.7. The average molecular weight is 313 g/mol. The number of nitrogens with one attached hydrogen (secondary N) is 2. The molecule has 3 rings (SSSR count). The third kappa shape index (κ3) is 2.73. The maximum Gasteiger partial charge on any atom is 0.244 e. The summed E-state index contributed by atoms with van der Waals surface area (Å²) < 4.78 is 28.2. The molecule has 4 N–H and O–H groups in total. The van der Waals surface area contributed by atoms with Gasteiger partial charge in [0.2, 0.25) is 10.0 Å². The molecule has 7 nitrogen and oxygen atoms in total. The first-order chi connectivity index (χ1) is 10.0. The number of nitrogens with two attached hydrogens (primary N) is 1. The van der Waals surface area contributed by atoms with Crippen LogP contribution >= 0.6 is 0 Å². The van der Waals surface area contributed by atoms with Crippen LogP contribution in [0.25, 0.3) is 0 Å². The molecule has 8 heteroatoms. The number of piperidine rings is 1. The Labute approximate surface area is 125 Å². The zero-order valence-corrected chi connectivity index (χ0v) is 13.1. The van der Waals surface area contributed by atoms with Gasteiger partial charge in [-0.3, -0.25) is 10.00 Å². The molecule has 0 aromatic carbocycles. The molecule has 2 aliphatic heterocycles. The Hall–Kier alpha value is -0.960. The van der Waals surface area contributed by atoms with Crippen LogP contribution in [0.5, 0.6) is 0 Å². The smallest absolute Gasteiger partial charge is 0.244 e. The highest BCUT2D eigenvalue weighted by atomic mass is 32.2. The van der Waals surface area contributed by atoms with Gasteiger partial charge in [0.25, 0.3) is 0 Å². The molecule has 0 saturated carbocycles. The molecule has 1 aromatic heterocycles. The molecule has 1 aromatic rings. The van der Waals surface area contributed by atoms with E-state index >= 15 is 0 Å². The molecular formula is C13H23N5O2S. The van der Waals surface area contributed by atoms with Crippen LogP contribution < -0.4 is 10.5 Å². The zero-order valence-electron chi connectivity index (χ0n) is 12.3. The zero-order chi connectivity index (χ0) is 15.0. The molecule has 3 heterocycles. The summed E-state index contributed by atoms with van der Waals surface area (Å²) in [5.41, 5.74) is 6.54. The molecule has 2 fully saturated rings. The standard InChI is InChI=1S/C13H23N5O2S/c1-9-13(11(8-14)16-15-9)21(19,20)17-10-5-7-18-6-3-2-4-12(10)18/h10,12,17H,2-8,14H2,1H3,(H,15,16). The molecule has 2 unspecified atom stereocenters. The summed E-state index contributed by atoms with van der Waals surface area (Å²) in [5, 5.41) is 6.69. The largest absolute Gasteiger partial charge is 0.325 e. The first-order valence-corrected chi connectivity index (χ1v) is 9.01. The molecule has 0 spiro atoms. The lowest BCUT2D eigenvalue weighted by Crippen LogP contribution is -2.46. The Kier molecular flexibility index (Phi) is 4.04. The summed E-state index contributed by atoms with van der Waals surface area (Å²) in [7, 11) is -3.57. The van der Waals surface area contributed by atoms with E-state index in [-0.39, 0.29) is 17.5 Å². The van der Waals surface area contributed by atoms with E-state index in [1.54, 1.807) is 6.92 Å². The molecule has 0 amide bonds. The minimum Gasteiger partial charge on any atom is -0.325 e. The van der Waals surface area contributed by atoms with Crippen molar-refractivity contribution in [2.75, 3.05) is 13.1 Å². The summed E-state index contributed by atoms with van der Waals surface area (Å²) in [6.07, 6.45) is 4.34. The van der Waals surface area contributed by atoms with Gasteiger partial charge in [-0.1, -0.05) is 6.42 Å². The Morgan fingerprint density at radius 2 is 2.19 bits per heavy atom. The summed E-state index contributed by atoms with van der Waals surface area (Å²) >= 11 is 0. The Morgan fingerprint density at radius 1 is 1.38 bits per heavy atom.